The predicted octanol–water partition coefficient (Wildman–Crippen LogP) is 5.73. The largest absolute Gasteiger partial charge is 0.478 e. The molecule has 0 aromatic heterocycles. The monoisotopic (exact) mass is 384 g/mol. The van der Waals surface area contributed by atoms with Crippen molar-refractivity contribution < 1.29 is 24.9 Å². The molecular formula is C22H40O5. The smallest absolute Gasteiger partial charge is 0.328 e. The van der Waals surface area contributed by atoms with Crippen LogP contribution in [-0.4, -0.2) is 33.9 Å². The van der Waals surface area contributed by atoms with Crippen molar-refractivity contribution in [1.82, 2.24) is 0 Å². The highest BCUT2D eigenvalue weighted by molar-refractivity contribution is 5.89. The van der Waals surface area contributed by atoms with Gasteiger partial charge >= 0.3 is 11.9 Å². The van der Waals surface area contributed by atoms with Crippen molar-refractivity contribution in [3.05, 3.63) is 24.3 Å². The minimum Gasteiger partial charge on any atom is -0.478 e. The van der Waals surface area contributed by atoms with Crippen LogP contribution in [0.1, 0.15) is 96.8 Å². The molecule has 0 heterocycles. The highest BCUT2D eigenvalue weighted by Gasteiger charge is 1.90. The molecule has 0 aliphatic heterocycles. The van der Waals surface area contributed by atoms with Gasteiger partial charge in [0, 0.05) is 18.8 Å². The van der Waals surface area contributed by atoms with Crippen molar-refractivity contribution in [2.75, 3.05) is 6.61 Å². The first-order valence-electron chi connectivity index (χ1n) is 10.4. The van der Waals surface area contributed by atoms with Crippen LogP contribution in [0.2, 0.25) is 0 Å². The third kappa shape index (κ3) is 32.5. The van der Waals surface area contributed by atoms with Crippen molar-refractivity contribution in [2.45, 2.75) is 96.8 Å². The summed E-state index contributed by atoms with van der Waals surface area (Å²) in [7, 11) is 0. The van der Waals surface area contributed by atoms with E-state index in [9.17, 15) is 9.59 Å². The van der Waals surface area contributed by atoms with Gasteiger partial charge in [0.15, 0.2) is 0 Å². The molecule has 0 rings (SSSR count). The van der Waals surface area contributed by atoms with Crippen molar-refractivity contribution in [3.63, 3.8) is 0 Å². The Hall–Kier alpha value is -1.62. The summed E-state index contributed by atoms with van der Waals surface area (Å²) in [5.41, 5.74) is 0. The predicted molar refractivity (Wildman–Crippen MR) is 111 cm³/mol. The SMILES string of the molecule is CCCCCCCCC=CCCCCCCCCO.O=C(O)C=CC(=O)O. The van der Waals surface area contributed by atoms with Crippen LogP contribution in [0.25, 0.3) is 0 Å². The molecule has 0 radical (unpaired) electrons. The first-order chi connectivity index (χ1) is 13.0. The van der Waals surface area contributed by atoms with Gasteiger partial charge in [0.05, 0.1) is 0 Å². The average Bonchev–Trinajstić information content (AvgIpc) is 2.64. The Morgan fingerprint density at radius 3 is 1.37 bits per heavy atom. The number of aliphatic carboxylic acids is 2. The molecule has 0 atom stereocenters. The lowest BCUT2D eigenvalue weighted by molar-refractivity contribution is -0.134. The molecule has 0 aromatic carbocycles. The van der Waals surface area contributed by atoms with Crippen molar-refractivity contribution in [2.24, 2.45) is 0 Å². The van der Waals surface area contributed by atoms with Gasteiger partial charge < -0.3 is 15.3 Å². The molecule has 0 bridgehead atoms. The molecule has 0 aliphatic rings. The summed E-state index contributed by atoms with van der Waals surface area (Å²) >= 11 is 0. The van der Waals surface area contributed by atoms with E-state index >= 15 is 0 Å². The number of rotatable bonds is 17. The molecular weight excluding hydrogens is 344 g/mol. The lowest BCUT2D eigenvalue weighted by Gasteiger charge is -1.99. The molecule has 0 saturated heterocycles. The van der Waals surface area contributed by atoms with Crippen LogP contribution in [0.3, 0.4) is 0 Å². The second-order valence-electron chi connectivity index (χ2n) is 6.67. The van der Waals surface area contributed by atoms with E-state index in [2.05, 4.69) is 19.1 Å². The van der Waals surface area contributed by atoms with Crippen molar-refractivity contribution in [3.8, 4) is 0 Å². The van der Waals surface area contributed by atoms with Gasteiger partial charge in [-0.3, -0.25) is 0 Å². The molecule has 3 N–H and O–H groups in total. The Kier molecular flexibility index (Phi) is 24.9. The summed E-state index contributed by atoms with van der Waals surface area (Å²) in [6.07, 6.45) is 24.3. The van der Waals surface area contributed by atoms with E-state index in [1.165, 1.54) is 83.5 Å². The number of allylic oxidation sites excluding steroid dienone is 2. The molecule has 5 nitrogen and oxygen atoms in total. The van der Waals surface area contributed by atoms with Crippen LogP contribution in [0, 0.1) is 0 Å². The zero-order valence-electron chi connectivity index (χ0n) is 17.1. The molecule has 0 unspecified atom stereocenters. The van der Waals surface area contributed by atoms with E-state index in [1.807, 2.05) is 0 Å². The second kappa shape index (κ2) is 24.4. The minimum absolute atomic E-state index is 0.362. The maximum absolute atomic E-state index is 9.55. The molecule has 0 spiro atoms. The van der Waals surface area contributed by atoms with E-state index in [0.717, 1.165) is 6.42 Å². The first-order valence-corrected chi connectivity index (χ1v) is 10.4. The maximum Gasteiger partial charge on any atom is 0.328 e. The molecule has 5 heteroatoms. The number of aliphatic hydroxyl groups is 1. The van der Waals surface area contributed by atoms with Crippen LogP contribution in [0.15, 0.2) is 24.3 Å². The molecule has 0 aliphatic carbocycles. The zero-order valence-corrected chi connectivity index (χ0v) is 17.1. The summed E-state index contributed by atoms with van der Waals surface area (Å²) in [6.45, 7) is 2.64. The highest BCUT2D eigenvalue weighted by atomic mass is 16.4. The standard InChI is InChI=1S/C18H36O.C4H4O4/c1-2-3-4-5-6-7-8-9-10-11-12-13-14-15-16-17-18-19;5-3(6)1-2-4(7)8/h9-10,19H,2-8,11-18H2,1H3;1-2H,(H,5,6)(H,7,8). The van der Waals surface area contributed by atoms with Gasteiger partial charge in [0.1, 0.15) is 0 Å². The van der Waals surface area contributed by atoms with Crippen LogP contribution in [-0.2, 0) is 9.59 Å². The Labute approximate surface area is 165 Å². The molecule has 0 fully saturated rings. The van der Waals surface area contributed by atoms with Gasteiger partial charge in [-0.2, -0.15) is 0 Å². The Bertz CT molecular complexity index is 372. The summed E-state index contributed by atoms with van der Waals surface area (Å²) in [5.74, 6) is -2.51. The van der Waals surface area contributed by atoms with Gasteiger partial charge in [0.25, 0.3) is 0 Å². The van der Waals surface area contributed by atoms with E-state index in [4.69, 9.17) is 15.3 Å². The zero-order chi connectivity index (χ0) is 20.6. The van der Waals surface area contributed by atoms with Gasteiger partial charge in [-0.05, 0) is 32.1 Å². The Balaban J connectivity index is 0. The first kappa shape index (κ1) is 27.6. The van der Waals surface area contributed by atoms with Crippen molar-refractivity contribution >= 4 is 11.9 Å². The van der Waals surface area contributed by atoms with E-state index < -0.39 is 11.9 Å². The second-order valence-corrected chi connectivity index (χ2v) is 6.67. The fourth-order valence-corrected chi connectivity index (χ4v) is 2.50. The van der Waals surface area contributed by atoms with Crippen LogP contribution in [0.4, 0.5) is 0 Å². The Morgan fingerprint density at radius 2 is 1.00 bits per heavy atom. The summed E-state index contributed by atoms with van der Waals surface area (Å²) in [4.78, 5) is 19.1. The molecule has 0 aromatic rings. The summed E-state index contributed by atoms with van der Waals surface area (Å²) < 4.78 is 0. The third-order valence-electron chi connectivity index (χ3n) is 4.04. The highest BCUT2D eigenvalue weighted by Crippen LogP contribution is 2.09. The van der Waals surface area contributed by atoms with Gasteiger partial charge in [-0.15, -0.1) is 0 Å². The topological polar surface area (TPSA) is 94.8 Å². The summed E-state index contributed by atoms with van der Waals surface area (Å²) in [6, 6.07) is 0. The molecule has 158 valence electrons. The number of carboxylic acids is 2. The average molecular weight is 385 g/mol. The van der Waals surface area contributed by atoms with Crippen LogP contribution in [0.5, 0.6) is 0 Å². The van der Waals surface area contributed by atoms with E-state index in [1.54, 1.807) is 0 Å². The lowest BCUT2D eigenvalue weighted by atomic mass is 10.1. The normalized spacial score (nSPS) is 10.9. The Morgan fingerprint density at radius 1 is 0.630 bits per heavy atom. The van der Waals surface area contributed by atoms with Gasteiger partial charge in [-0.1, -0.05) is 76.9 Å². The quantitative estimate of drug-likeness (QED) is 0.169. The van der Waals surface area contributed by atoms with Gasteiger partial charge in [0.2, 0.25) is 0 Å². The number of carbonyl (C=O) groups is 2. The molecule has 0 saturated carbocycles. The fraction of sp³-hybridized carbons (Fsp3) is 0.727. The molecule has 27 heavy (non-hydrogen) atoms. The fourth-order valence-electron chi connectivity index (χ4n) is 2.50. The maximum atomic E-state index is 9.55. The number of aliphatic hydroxyl groups excluding tert-OH is 1. The third-order valence-corrected chi connectivity index (χ3v) is 4.04. The van der Waals surface area contributed by atoms with Crippen LogP contribution < -0.4 is 0 Å². The molecule has 0 amide bonds. The van der Waals surface area contributed by atoms with E-state index in [0.29, 0.717) is 18.8 Å². The minimum atomic E-state index is -1.26. The number of unbranched alkanes of at least 4 members (excludes halogenated alkanes) is 12. The van der Waals surface area contributed by atoms with Crippen LogP contribution >= 0.6 is 0 Å². The number of hydrogen-bond acceptors (Lipinski definition) is 3. The summed E-state index contributed by atoms with van der Waals surface area (Å²) in [5, 5.41) is 24.3. The number of carboxylic acid groups (broad SMARTS) is 2. The van der Waals surface area contributed by atoms with Gasteiger partial charge in [-0.25, -0.2) is 9.59 Å². The number of hydrogen-bond donors (Lipinski definition) is 3. The lowest BCUT2D eigenvalue weighted by Crippen LogP contribution is -1.91. The van der Waals surface area contributed by atoms with E-state index in [-0.39, 0.29) is 0 Å². The van der Waals surface area contributed by atoms with Crippen molar-refractivity contribution in [1.29, 1.82) is 0 Å².